The van der Waals surface area contributed by atoms with Gasteiger partial charge >= 0.3 is 0 Å². The fourth-order valence-electron chi connectivity index (χ4n) is 4.12. The highest BCUT2D eigenvalue weighted by atomic mass is 16.5. The lowest BCUT2D eigenvalue weighted by Gasteiger charge is -2.46. The molecule has 0 radical (unpaired) electrons. The third-order valence-electron chi connectivity index (χ3n) is 5.40. The maximum absolute atomic E-state index is 13.0. The van der Waals surface area contributed by atoms with Crippen LogP contribution in [0.1, 0.15) is 30.6 Å². The number of ether oxygens (including phenoxy) is 1. The Balaban J connectivity index is 1.55. The van der Waals surface area contributed by atoms with Gasteiger partial charge in [-0.25, -0.2) is 0 Å². The molecule has 0 saturated carbocycles. The highest BCUT2D eigenvalue weighted by Crippen LogP contribution is 2.40. The van der Waals surface area contributed by atoms with E-state index in [1.165, 1.54) is 6.26 Å². The van der Waals surface area contributed by atoms with E-state index in [-0.39, 0.29) is 17.4 Å². The number of allylic oxidation sites excluding steroid dienone is 1. The van der Waals surface area contributed by atoms with Crippen molar-refractivity contribution in [3.05, 3.63) is 53.9 Å². The zero-order valence-corrected chi connectivity index (χ0v) is 16.0. The molecule has 4 rings (SSSR count). The summed E-state index contributed by atoms with van der Waals surface area (Å²) in [6.07, 6.45) is 3.69. The van der Waals surface area contributed by atoms with Gasteiger partial charge in [-0.15, -0.1) is 0 Å². The molecule has 2 aromatic rings. The Bertz CT molecular complexity index is 931. The van der Waals surface area contributed by atoms with Crippen LogP contribution >= 0.6 is 0 Å². The number of ketones is 1. The molecule has 0 bridgehead atoms. The lowest BCUT2D eigenvalue weighted by molar-refractivity contribution is -0.135. The molecule has 1 atom stereocenters. The van der Waals surface area contributed by atoms with Gasteiger partial charge in [0.2, 0.25) is 0 Å². The number of morpholine rings is 1. The molecule has 7 heteroatoms. The van der Waals surface area contributed by atoms with E-state index in [9.17, 15) is 9.59 Å². The molecule has 1 aromatic heterocycles. The molecule has 1 aliphatic heterocycles. The molecular formula is C21H23N3O4. The molecule has 1 saturated heterocycles. The summed E-state index contributed by atoms with van der Waals surface area (Å²) in [6, 6.07) is 9.04. The van der Waals surface area contributed by atoms with Crippen LogP contribution in [0.3, 0.4) is 0 Å². The maximum atomic E-state index is 13.0. The van der Waals surface area contributed by atoms with Crippen LogP contribution < -0.4 is 5.73 Å². The van der Waals surface area contributed by atoms with Crippen molar-refractivity contribution in [3.63, 3.8) is 0 Å². The van der Waals surface area contributed by atoms with Crippen molar-refractivity contribution in [1.82, 2.24) is 10.1 Å². The summed E-state index contributed by atoms with van der Waals surface area (Å²) >= 11 is 0. The van der Waals surface area contributed by atoms with Crippen molar-refractivity contribution in [3.8, 4) is 11.3 Å². The minimum absolute atomic E-state index is 0.0731. The minimum Gasteiger partial charge on any atom is -0.396 e. The Hall–Kier alpha value is -2.93. The van der Waals surface area contributed by atoms with E-state index in [4.69, 9.17) is 15.0 Å². The van der Waals surface area contributed by atoms with E-state index in [2.05, 4.69) is 5.16 Å². The third-order valence-corrected chi connectivity index (χ3v) is 5.40. The Kier molecular flexibility index (Phi) is 4.34. The summed E-state index contributed by atoms with van der Waals surface area (Å²) in [5.74, 6) is -0.148. The van der Waals surface area contributed by atoms with Gasteiger partial charge in [0.05, 0.1) is 18.8 Å². The monoisotopic (exact) mass is 381 g/mol. The Labute approximate surface area is 163 Å². The topological polar surface area (TPSA) is 98.7 Å². The molecule has 2 heterocycles. The van der Waals surface area contributed by atoms with Crippen LogP contribution in [0, 0.1) is 5.41 Å². The molecule has 1 fully saturated rings. The lowest BCUT2D eigenvalue weighted by Crippen LogP contribution is -2.57. The predicted octanol–water partition coefficient (Wildman–Crippen LogP) is 2.39. The van der Waals surface area contributed by atoms with Crippen LogP contribution in [0.4, 0.5) is 0 Å². The fourth-order valence-corrected chi connectivity index (χ4v) is 4.12. The number of Topliss-reactive ketones (excluding diaryl/α,β-unsaturated/α-hetero) is 1. The molecule has 1 aliphatic carbocycles. The van der Waals surface area contributed by atoms with E-state index in [1.54, 1.807) is 29.2 Å². The van der Waals surface area contributed by atoms with Crippen molar-refractivity contribution in [2.45, 2.75) is 25.9 Å². The molecule has 1 unspecified atom stereocenters. The number of rotatable bonds is 2. The third kappa shape index (κ3) is 3.22. The van der Waals surface area contributed by atoms with Crippen molar-refractivity contribution in [1.29, 1.82) is 0 Å². The molecule has 28 heavy (non-hydrogen) atoms. The second-order valence-corrected chi connectivity index (χ2v) is 8.09. The minimum atomic E-state index is -0.726. The predicted molar refractivity (Wildman–Crippen MR) is 102 cm³/mol. The van der Waals surface area contributed by atoms with Crippen LogP contribution in [-0.2, 0) is 9.53 Å². The quantitative estimate of drug-likeness (QED) is 0.858. The largest absolute Gasteiger partial charge is 0.396 e. The van der Waals surface area contributed by atoms with Crippen molar-refractivity contribution in [2.75, 3.05) is 19.7 Å². The van der Waals surface area contributed by atoms with Gasteiger partial charge in [0.1, 0.15) is 17.6 Å². The van der Waals surface area contributed by atoms with E-state index in [1.807, 2.05) is 26.0 Å². The molecule has 1 aromatic carbocycles. The van der Waals surface area contributed by atoms with Gasteiger partial charge in [-0.05, 0) is 24.6 Å². The number of nitrogens with zero attached hydrogens (tertiary/aromatic N) is 2. The highest BCUT2D eigenvalue weighted by Gasteiger charge is 2.48. The Morgan fingerprint density at radius 1 is 1.21 bits per heavy atom. The number of hydrogen-bond acceptors (Lipinski definition) is 6. The van der Waals surface area contributed by atoms with Crippen LogP contribution in [0.5, 0.6) is 0 Å². The van der Waals surface area contributed by atoms with Crippen LogP contribution in [-0.4, -0.2) is 47.0 Å². The lowest BCUT2D eigenvalue weighted by atomic mass is 9.71. The average molecular weight is 381 g/mol. The summed E-state index contributed by atoms with van der Waals surface area (Å²) in [5.41, 5.74) is 7.03. The first-order valence-corrected chi connectivity index (χ1v) is 9.27. The van der Waals surface area contributed by atoms with E-state index in [0.29, 0.717) is 31.7 Å². The molecule has 1 spiro atoms. The summed E-state index contributed by atoms with van der Waals surface area (Å²) in [4.78, 5) is 27.1. The number of amides is 1. The molecule has 2 N–H and O–H groups in total. The van der Waals surface area contributed by atoms with Crippen LogP contribution in [0.2, 0.25) is 0 Å². The standard InChI is InChI=1S/C21H23N3O4/c1-20(2)12-21(11-16(22)18(20)25)13-24(8-10-27-21)19(26)15-5-3-14(4-6-15)17-7-9-28-23-17/h3-7,9,11H,8,10,12-13,22H2,1-2H3. The summed E-state index contributed by atoms with van der Waals surface area (Å²) in [7, 11) is 0. The first kappa shape index (κ1) is 18.4. The molecule has 2 aliphatic rings. The van der Waals surface area contributed by atoms with Gasteiger partial charge in [-0.3, -0.25) is 9.59 Å². The number of carbonyl (C=O) groups is 2. The fraction of sp³-hybridized carbons (Fsp3) is 0.381. The van der Waals surface area contributed by atoms with Crippen LogP contribution in [0.15, 0.2) is 52.9 Å². The smallest absolute Gasteiger partial charge is 0.254 e. The summed E-state index contributed by atoms with van der Waals surface area (Å²) in [6.45, 7) is 4.99. The first-order valence-electron chi connectivity index (χ1n) is 9.27. The van der Waals surface area contributed by atoms with Gasteiger partial charge in [-0.2, -0.15) is 0 Å². The van der Waals surface area contributed by atoms with E-state index in [0.717, 1.165) is 11.3 Å². The average Bonchev–Trinajstić information content (AvgIpc) is 3.20. The molecule has 7 nitrogen and oxygen atoms in total. The number of hydrogen-bond donors (Lipinski definition) is 1. The molecular weight excluding hydrogens is 358 g/mol. The van der Waals surface area contributed by atoms with Gasteiger partial charge in [0.15, 0.2) is 5.78 Å². The van der Waals surface area contributed by atoms with Gasteiger partial charge in [-0.1, -0.05) is 31.1 Å². The van der Waals surface area contributed by atoms with Crippen molar-refractivity contribution in [2.24, 2.45) is 11.1 Å². The summed E-state index contributed by atoms with van der Waals surface area (Å²) < 4.78 is 10.9. The van der Waals surface area contributed by atoms with Gasteiger partial charge in [0, 0.05) is 29.2 Å². The Morgan fingerprint density at radius 2 is 1.96 bits per heavy atom. The van der Waals surface area contributed by atoms with Crippen molar-refractivity contribution >= 4 is 11.7 Å². The van der Waals surface area contributed by atoms with Crippen molar-refractivity contribution < 1.29 is 18.8 Å². The zero-order valence-electron chi connectivity index (χ0n) is 16.0. The number of nitrogens with two attached hydrogens (primary N) is 1. The number of carbonyl (C=O) groups excluding carboxylic acids is 2. The van der Waals surface area contributed by atoms with E-state index < -0.39 is 11.0 Å². The summed E-state index contributed by atoms with van der Waals surface area (Å²) in [5, 5.41) is 3.90. The number of aromatic nitrogens is 1. The maximum Gasteiger partial charge on any atom is 0.254 e. The Morgan fingerprint density at radius 3 is 2.61 bits per heavy atom. The second kappa shape index (κ2) is 6.60. The first-order chi connectivity index (χ1) is 13.3. The highest BCUT2D eigenvalue weighted by molar-refractivity contribution is 6.00. The van der Waals surface area contributed by atoms with Gasteiger partial charge in [0.25, 0.3) is 5.91 Å². The SMILES string of the molecule is CC1(C)CC2(C=C(N)C1=O)CN(C(=O)c1ccc(-c3ccon3)cc1)CCO2. The van der Waals surface area contributed by atoms with Gasteiger partial charge < -0.3 is 19.9 Å². The molecule has 146 valence electrons. The van der Waals surface area contributed by atoms with E-state index >= 15 is 0 Å². The normalized spacial score (nSPS) is 24.3. The number of benzene rings is 1. The van der Waals surface area contributed by atoms with Crippen LogP contribution in [0.25, 0.3) is 11.3 Å². The zero-order chi connectivity index (χ0) is 19.9. The molecule has 1 amide bonds. The second-order valence-electron chi connectivity index (χ2n) is 8.09.